The molecule has 0 spiro atoms. The minimum atomic E-state index is 0.874. The first-order valence-electron chi connectivity index (χ1n) is 5.90. The summed E-state index contributed by atoms with van der Waals surface area (Å²) in [5.74, 6) is 0.874. The SMILES string of the molecule is Cc1nc(C)c(CN2CCNCC2)c(C)n1. The summed E-state index contributed by atoms with van der Waals surface area (Å²) in [5, 5.41) is 3.37. The van der Waals surface area contributed by atoms with E-state index in [-0.39, 0.29) is 0 Å². The normalized spacial score (nSPS) is 17.7. The van der Waals surface area contributed by atoms with Crippen LogP contribution in [0.15, 0.2) is 0 Å². The zero-order valence-corrected chi connectivity index (χ0v) is 10.4. The molecule has 1 aromatic heterocycles. The van der Waals surface area contributed by atoms with Crippen molar-refractivity contribution in [1.29, 1.82) is 0 Å². The second-order valence-corrected chi connectivity index (χ2v) is 4.45. The van der Waals surface area contributed by atoms with Crippen LogP contribution < -0.4 is 5.32 Å². The minimum Gasteiger partial charge on any atom is -0.314 e. The van der Waals surface area contributed by atoms with Gasteiger partial charge in [-0.25, -0.2) is 9.97 Å². The Bertz CT molecular complexity index is 346. The lowest BCUT2D eigenvalue weighted by Gasteiger charge is -2.28. The summed E-state index contributed by atoms with van der Waals surface area (Å²) < 4.78 is 0. The number of nitrogens with one attached hydrogen (secondary N) is 1. The van der Waals surface area contributed by atoms with Crippen LogP contribution >= 0.6 is 0 Å². The molecule has 1 fully saturated rings. The van der Waals surface area contributed by atoms with Gasteiger partial charge in [0, 0.05) is 49.7 Å². The van der Waals surface area contributed by atoms with Crippen LogP contribution in [0.5, 0.6) is 0 Å². The zero-order chi connectivity index (χ0) is 11.5. The van der Waals surface area contributed by atoms with Gasteiger partial charge in [0.05, 0.1) is 0 Å². The van der Waals surface area contributed by atoms with E-state index in [0.717, 1.165) is 49.9 Å². The summed E-state index contributed by atoms with van der Waals surface area (Å²) in [5.41, 5.74) is 3.56. The largest absolute Gasteiger partial charge is 0.314 e. The first-order chi connectivity index (χ1) is 7.66. The second-order valence-electron chi connectivity index (χ2n) is 4.45. The lowest BCUT2D eigenvalue weighted by atomic mass is 10.1. The molecule has 1 saturated heterocycles. The van der Waals surface area contributed by atoms with Gasteiger partial charge in [-0.2, -0.15) is 0 Å². The van der Waals surface area contributed by atoms with Crippen molar-refractivity contribution in [2.75, 3.05) is 26.2 Å². The second kappa shape index (κ2) is 4.89. The fourth-order valence-electron chi connectivity index (χ4n) is 2.23. The molecule has 1 aromatic rings. The maximum Gasteiger partial charge on any atom is 0.125 e. The molecule has 0 radical (unpaired) electrons. The van der Waals surface area contributed by atoms with E-state index in [1.165, 1.54) is 5.56 Å². The summed E-state index contributed by atoms with van der Waals surface area (Å²) in [4.78, 5) is 11.4. The van der Waals surface area contributed by atoms with Gasteiger partial charge in [0.25, 0.3) is 0 Å². The van der Waals surface area contributed by atoms with E-state index in [1.807, 2.05) is 6.92 Å². The summed E-state index contributed by atoms with van der Waals surface area (Å²) in [6, 6.07) is 0. The summed E-state index contributed by atoms with van der Waals surface area (Å²) in [7, 11) is 0. The fraction of sp³-hybridized carbons (Fsp3) is 0.667. The third-order valence-corrected chi connectivity index (χ3v) is 3.12. The predicted molar refractivity (Wildman–Crippen MR) is 64.4 cm³/mol. The molecular formula is C12H20N4. The Hall–Kier alpha value is -1.00. The Morgan fingerprint density at radius 1 is 1.06 bits per heavy atom. The number of rotatable bonds is 2. The molecule has 1 aliphatic rings. The summed E-state index contributed by atoms with van der Waals surface area (Å²) in [6.45, 7) is 11.5. The molecule has 0 bridgehead atoms. The van der Waals surface area contributed by atoms with E-state index in [9.17, 15) is 0 Å². The first kappa shape index (κ1) is 11.5. The molecule has 4 heteroatoms. The summed E-state index contributed by atoms with van der Waals surface area (Å²) in [6.07, 6.45) is 0. The van der Waals surface area contributed by atoms with Gasteiger partial charge in [-0.1, -0.05) is 0 Å². The molecule has 0 amide bonds. The van der Waals surface area contributed by atoms with Crippen LogP contribution in [0.25, 0.3) is 0 Å². The van der Waals surface area contributed by atoms with Crippen LogP contribution in [0.3, 0.4) is 0 Å². The molecule has 0 unspecified atom stereocenters. The lowest BCUT2D eigenvalue weighted by molar-refractivity contribution is 0.232. The molecule has 2 rings (SSSR count). The van der Waals surface area contributed by atoms with Crippen LogP contribution in [0.2, 0.25) is 0 Å². The highest BCUT2D eigenvalue weighted by Crippen LogP contribution is 2.13. The molecule has 0 aromatic carbocycles. The monoisotopic (exact) mass is 220 g/mol. The molecule has 0 saturated carbocycles. The first-order valence-corrected chi connectivity index (χ1v) is 5.90. The molecule has 16 heavy (non-hydrogen) atoms. The average Bonchev–Trinajstić information content (AvgIpc) is 2.25. The van der Waals surface area contributed by atoms with Crippen LogP contribution in [-0.2, 0) is 6.54 Å². The fourth-order valence-corrected chi connectivity index (χ4v) is 2.23. The van der Waals surface area contributed by atoms with E-state index in [2.05, 4.69) is 34.0 Å². The van der Waals surface area contributed by atoms with E-state index >= 15 is 0 Å². The van der Waals surface area contributed by atoms with Crippen molar-refractivity contribution in [3.05, 3.63) is 22.8 Å². The van der Waals surface area contributed by atoms with Crippen molar-refractivity contribution in [2.45, 2.75) is 27.3 Å². The number of aryl methyl sites for hydroxylation is 3. The van der Waals surface area contributed by atoms with E-state index in [1.54, 1.807) is 0 Å². The molecule has 4 nitrogen and oxygen atoms in total. The lowest BCUT2D eigenvalue weighted by Crippen LogP contribution is -2.43. The smallest absolute Gasteiger partial charge is 0.125 e. The Morgan fingerprint density at radius 2 is 1.62 bits per heavy atom. The molecular weight excluding hydrogens is 200 g/mol. The van der Waals surface area contributed by atoms with Gasteiger partial charge in [-0.15, -0.1) is 0 Å². The predicted octanol–water partition coefficient (Wildman–Crippen LogP) is 0.807. The van der Waals surface area contributed by atoms with Crippen molar-refractivity contribution in [3.63, 3.8) is 0 Å². The van der Waals surface area contributed by atoms with Crippen molar-refractivity contribution < 1.29 is 0 Å². The number of aromatic nitrogens is 2. The highest BCUT2D eigenvalue weighted by Gasteiger charge is 2.14. The van der Waals surface area contributed by atoms with Crippen molar-refractivity contribution in [2.24, 2.45) is 0 Å². The van der Waals surface area contributed by atoms with Crippen LogP contribution in [0.1, 0.15) is 22.8 Å². The van der Waals surface area contributed by atoms with Crippen molar-refractivity contribution in [1.82, 2.24) is 20.2 Å². The molecule has 0 atom stereocenters. The molecule has 2 heterocycles. The van der Waals surface area contributed by atoms with Gasteiger partial charge in [0.2, 0.25) is 0 Å². The molecule has 88 valence electrons. The van der Waals surface area contributed by atoms with Crippen LogP contribution in [0.4, 0.5) is 0 Å². The molecule has 0 aliphatic carbocycles. The van der Waals surface area contributed by atoms with Gasteiger partial charge < -0.3 is 5.32 Å². The van der Waals surface area contributed by atoms with Gasteiger partial charge in [-0.3, -0.25) is 4.90 Å². The number of nitrogens with zero attached hydrogens (tertiary/aromatic N) is 3. The minimum absolute atomic E-state index is 0.874. The summed E-state index contributed by atoms with van der Waals surface area (Å²) >= 11 is 0. The van der Waals surface area contributed by atoms with Crippen LogP contribution in [0, 0.1) is 20.8 Å². The van der Waals surface area contributed by atoms with Crippen LogP contribution in [-0.4, -0.2) is 41.0 Å². The average molecular weight is 220 g/mol. The zero-order valence-electron chi connectivity index (χ0n) is 10.4. The van der Waals surface area contributed by atoms with Gasteiger partial charge in [0.1, 0.15) is 5.82 Å². The van der Waals surface area contributed by atoms with Crippen molar-refractivity contribution >= 4 is 0 Å². The van der Waals surface area contributed by atoms with Gasteiger partial charge in [-0.05, 0) is 20.8 Å². The van der Waals surface area contributed by atoms with E-state index in [0.29, 0.717) is 0 Å². The Morgan fingerprint density at radius 3 is 2.19 bits per heavy atom. The van der Waals surface area contributed by atoms with Crippen molar-refractivity contribution in [3.8, 4) is 0 Å². The highest BCUT2D eigenvalue weighted by atomic mass is 15.2. The number of hydrogen-bond acceptors (Lipinski definition) is 4. The third-order valence-electron chi connectivity index (χ3n) is 3.12. The van der Waals surface area contributed by atoms with E-state index < -0.39 is 0 Å². The molecule has 1 aliphatic heterocycles. The standard InChI is InChI=1S/C12H20N4/c1-9-12(10(2)15-11(3)14-9)8-16-6-4-13-5-7-16/h13H,4-8H2,1-3H3. The Labute approximate surface area is 97.1 Å². The Kier molecular flexibility index (Phi) is 3.51. The maximum absolute atomic E-state index is 4.45. The molecule has 1 N–H and O–H groups in total. The number of hydrogen-bond donors (Lipinski definition) is 1. The third kappa shape index (κ3) is 2.57. The van der Waals surface area contributed by atoms with Gasteiger partial charge in [0.15, 0.2) is 0 Å². The van der Waals surface area contributed by atoms with E-state index in [4.69, 9.17) is 0 Å². The highest BCUT2D eigenvalue weighted by molar-refractivity contribution is 5.24. The van der Waals surface area contributed by atoms with Gasteiger partial charge >= 0.3 is 0 Å². The quantitative estimate of drug-likeness (QED) is 0.800. The number of piperazine rings is 1. The Balaban J connectivity index is 2.14. The maximum atomic E-state index is 4.45. The topological polar surface area (TPSA) is 41.1 Å².